The van der Waals surface area contributed by atoms with E-state index in [1.807, 2.05) is 0 Å². The highest BCUT2D eigenvalue weighted by Crippen LogP contribution is 2.69. The van der Waals surface area contributed by atoms with E-state index in [1.165, 1.54) is 40.8 Å². The Balaban J connectivity index is 1.38. The number of aliphatic hydroxyl groups is 1. The van der Waals surface area contributed by atoms with Crippen LogP contribution in [0.3, 0.4) is 0 Å². The number of H-pyrrole nitrogens is 1. The number of nitrogens with zero attached hydrogens (tertiary/aromatic N) is 1. The van der Waals surface area contributed by atoms with Crippen LogP contribution in [0.4, 0.5) is 0 Å². The van der Waals surface area contributed by atoms with Crippen molar-refractivity contribution in [3.8, 4) is 22.6 Å². The summed E-state index contributed by atoms with van der Waals surface area (Å²) in [5.41, 5.74) is 6.82. The van der Waals surface area contributed by atoms with E-state index in [-0.39, 0.29) is 17.9 Å². The molecule has 3 heterocycles. The lowest BCUT2D eigenvalue weighted by Crippen LogP contribution is -2.74. The second-order valence-corrected chi connectivity index (χ2v) is 12.8. The average molecular weight is 497 g/mol. The van der Waals surface area contributed by atoms with Crippen LogP contribution in [0.1, 0.15) is 67.3 Å². The van der Waals surface area contributed by atoms with E-state index in [1.54, 1.807) is 6.07 Å². The van der Waals surface area contributed by atoms with Gasteiger partial charge in [0.25, 0.3) is 0 Å². The van der Waals surface area contributed by atoms with Gasteiger partial charge in [0.05, 0.1) is 16.7 Å². The van der Waals surface area contributed by atoms with E-state index in [0.29, 0.717) is 18.1 Å². The third-order valence-corrected chi connectivity index (χ3v) is 10.1. The largest absolute Gasteiger partial charge is 0.504 e. The van der Waals surface area contributed by atoms with Crippen LogP contribution in [0.15, 0.2) is 42.5 Å². The van der Waals surface area contributed by atoms with Gasteiger partial charge in [0, 0.05) is 35.8 Å². The maximum atomic E-state index is 13.1. The maximum Gasteiger partial charge on any atom is 0.166 e. The van der Waals surface area contributed by atoms with Crippen LogP contribution in [-0.2, 0) is 24.7 Å². The molecule has 5 aliphatic rings. The first-order valence-corrected chi connectivity index (χ1v) is 14.2. The van der Waals surface area contributed by atoms with Gasteiger partial charge >= 0.3 is 0 Å². The summed E-state index contributed by atoms with van der Waals surface area (Å²) in [5, 5.41) is 24.0. The van der Waals surface area contributed by atoms with Crippen molar-refractivity contribution in [2.24, 2.45) is 11.8 Å². The number of nitrogens with one attached hydrogen (secondary N) is 1. The first-order chi connectivity index (χ1) is 17.9. The summed E-state index contributed by atoms with van der Waals surface area (Å²) in [6.45, 7) is 6.57. The molecule has 2 aromatic carbocycles. The molecule has 2 bridgehead atoms. The highest BCUT2D eigenvalue weighted by Gasteiger charge is 2.73. The van der Waals surface area contributed by atoms with Gasteiger partial charge in [-0.2, -0.15) is 0 Å². The van der Waals surface area contributed by atoms with Crippen LogP contribution in [0, 0.1) is 11.8 Å². The summed E-state index contributed by atoms with van der Waals surface area (Å²) < 4.78 is 6.78. The van der Waals surface area contributed by atoms with Gasteiger partial charge in [-0.05, 0) is 73.2 Å². The minimum atomic E-state index is -0.954. The fraction of sp³-hybridized carbons (Fsp3) is 0.500. The number of rotatable bonds is 5. The molecule has 3 aliphatic carbocycles. The summed E-state index contributed by atoms with van der Waals surface area (Å²) in [4.78, 5) is 6.46. The zero-order valence-corrected chi connectivity index (χ0v) is 21.8. The Labute approximate surface area is 218 Å². The van der Waals surface area contributed by atoms with E-state index in [9.17, 15) is 10.2 Å². The first kappa shape index (κ1) is 22.2. The number of benzene rings is 2. The van der Waals surface area contributed by atoms with Gasteiger partial charge in [-0.15, -0.1) is 0 Å². The van der Waals surface area contributed by atoms with Crippen molar-refractivity contribution < 1.29 is 14.9 Å². The van der Waals surface area contributed by atoms with Gasteiger partial charge in [-0.3, -0.25) is 4.90 Å². The molecule has 2 aliphatic heterocycles. The number of phenols is 1. The number of hydrogen-bond acceptors (Lipinski definition) is 4. The number of aromatic hydroxyl groups is 1. The van der Waals surface area contributed by atoms with Gasteiger partial charge < -0.3 is 19.9 Å². The molecular formula is C32H36N2O3. The molecule has 1 aromatic heterocycles. The van der Waals surface area contributed by atoms with Gasteiger partial charge in [0.2, 0.25) is 0 Å². The highest BCUT2D eigenvalue weighted by molar-refractivity contribution is 5.75. The molecule has 0 amide bonds. The van der Waals surface area contributed by atoms with Gasteiger partial charge in [-0.25, -0.2) is 0 Å². The quantitative estimate of drug-likeness (QED) is 0.449. The maximum absolute atomic E-state index is 13.1. The Bertz CT molecular complexity index is 1410. The second-order valence-electron chi connectivity index (χ2n) is 12.8. The Morgan fingerprint density at radius 3 is 2.70 bits per heavy atom. The summed E-state index contributed by atoms with van der Waals surface area (Å²) in [5.74, 6) is 2.07. The summed E-state index contributed by atoms with van der Waals surface area (Å²) in [7, 11) is 0. The zero-order chi connectivity index (χ0) is 25.1. The third-order valence-electron chi connectivity index (χ3n) is 10.1. The number of ether oxygens (including phenoxy) is 1. The minimum absolute atomic E-state index is 0.0520. The number of fused-ring (bicyclic) bond motifs is 2. The molecule has 5 heteroatoms. The fourth-order valence-electron chi connectivity index (χ4n) is 8.48. The van der Waals surface area contributed by atoms with E-state index < -0.39 is 11.0 Å². The minimum Gasteiger partial charge on any atom is -0.504 e. The standard InChI is InChI=1S/C32H36N2O3/c1-18(2)14-23-26(20-6-4-3-5-7-20)22-16-32(36)25-15-21-10-11-24(35)29-27(21)31(32,30(37-29)28(22)33-23)12-13-34(25)17-19-8-9-19/h3-7,10-11,18-19,25,30,33,35-36H,8-9,12-17H2,1-2H3/t25-,30+,31+,32-/m1/s1. The molecule has 5 nitrogen and oxygen atoms in total. The van der Waals surface area contributed by atoms with Gasteiger partial charge in [0.1, 0.15) is 0 Å². The first-order valence-electron chi connectivity index (χ1n) is 14.2. The molecule has 0 unspecified atom stereocenters. The number of likely N-dealkylation sites (tertiary alicyclic amines) is 1. The monoisotopic (exact) mass is 496 g/mol. The molecule has 3 N–H and O–H groups in total. The Morgan fingerprint density at radius 2 is 1.95 bits per heavy atom. The lowest BCUT2D eigenvalue weighted by Gasteiger charge is -2.62. The molecule has 8 rings (SSSR count). The van der Waals surface area contributed by atoms with Gasteiger partial charge in [0.15, 0.2) is 17.6 Å². The van der Waals surface area contributed by atoms with E-state index in [0.717, 1.165) is 49.5 Å². The molecule has 1 saturated heterocycles. The number of piperidine rings is 1. The van der Waals surface area contributed by atoms with Crippen molar-refractivity contribution in [2.75, 3.05) is 13.1 Å². The highest BCUT2D eigenvalue weighted by atomic mass is 16.5. The SMILES string of the molecule is CC(C)Cc1[nH]c2c(c1-c1ccccc1)C[C@@]1(O)[C@H]3Cc4ccc(O)c5c4[C@@]1(CCN3CC1CC1)[C@H]2O5. The molecule has 2 fully saturated rings. The predicted octanol–water partition coefficient (Wildman–Crippen LogP) is 5.28. The predicted molar refractivity (Wildman–Crippen MR) is 143 cm³/mol. The molecular weight excluding hydrogens is 460 g/mol. The lowest BCUT2D eigenvalue weighted by molar-refractivity contribution is -0.173. The Morgan fingerprint density at radius 1 is 1.14 bits per heavy atom. The molecule has 0 radical (unpaired) electrons. The zero-order valence-electron chi connectivity index (χ0n) is 21.8. The molecule has 1 spiro atoms. The van der Waals surface area contributed by atoms with Crippen LogP contribution in [-0.4, -0.2) is 44.8 Å². The average Bonchev–Trinajstić information content (AvgIpc) is 3.52. The summed E-state index contributed by atoms with van der Waals surface area (Å²) in [6.07, 6.45) is 5.51. The van der Waals surface area contributed by atoms with Crippen LogP contribution in [0.5, 0.6) is 11.5 Å². The molecule has 4 atom stereocenters. The van der Waals surface area contributed by atoms with Crippen molar-refractivity contribution in [3.63, 3.8) is 0 Å². The van der Waals surface area contributed by atoms with E-state index in [4.69, 9.17) is 4.74 Å². The number of aromatic amines is 1. The fourth-order valence-corrected chi connectivity index (χ4v) is 8.48. The van der Waals surface area contributed by atoms with E-state index >= 15 is 0 Å². The number of aromatic nitrogens is 1. The van der Waals surface area contributed by atoms with Crippen LogP contribution in [0.2, 0.25) is 0 Å². The van der Waals surface area contributed by atoms with Crippen molar-refractivity contribution >= 4 is 0 Å². The third kappa shape index (κ3) is 2.82. The topological polar surface area (TPSA) is 68.7 Å². The van der Waals surface area contributed by atoms with Crippen molar-refractivity contribution in [1.29, 1.82) is 0 Å². The molecule has 37 heavy (non-hydrogen) atoms. The number of hydrogen-bond donors (Lipinski definition) is 3. The molecule has 192 valence electrons. The second kappa shape index (κ2) is 7.42. The Kier molecular flexibility index (Phi) is 4.46. The number of phenolic OH excluding ortho intramolecular Hbond substituents is 1. The van der Waals surface area contributed by atoms with E-state index in [2.05, 4.69) is 60.1 Å². The lowest BCUT2D eigenvalue weighted by atomic mass is 9.49. The summed E-state index contributed by atoms with van der Waals surface area (Å²) >= 11 is 0. The van der Waals surface area contributed by atoms with Crippen LogP contribution >= 0.6 is 0 Å². The smallest absolute Gasteiger partial charge is 0.166 e. The normalized spacial score (nSPS) is 31.2. The Hall–Kier alpha value is -2.76. The summed E-state index contributed by atoms with van der Waals surface area (Å²) in [6, 6.07) is 14.6. The van der Waals surface area contributed by atoms with Crippen LogP contribution < -0.4 is 4.74 Å². The van der Waals surface area contributed by atoms with Crippen molar-refractivity contribution in [3.05, 3.63) is 70.5 Å². The molecule has 3 aromatic rings. The van der Waals surface area contributed by atoms with Crippen LogP contribution in [0.25, 0.3) is 11.1 Å². The molecule has 1 saturated carbocycles. The van der Waals surface area contributed by atoms with Crippen molar-refractivity contribution in [2.45, 2.75) is 75.5 Å². The van der Waals surface area contributed by atoms with Gasteiger partial charge in [-0.1, -0.05) is 50.2 Å². The van der Waals surface area contributed by atoms with Crippen molar-refractivity contribution in [1.82, 2.24) is 9.88 Å².